The van der Waals surface area contributed by atoms with Crippen molar-refractivity contribution < 1.29 is 14.7 Å². The van der Waals surface area contributed by atoms with Crippen LogP contribution in [0.3, 0.4) is 0 Å². The van der Waals surface area contributed by atoms with Gasteiger partial charge >= 0.3 is 11.8 Å². The van der Waals surface area contributed by atoms with Gasteiger partial charge in [-0.05, 0) is 37.1 Å². The van der Waals surface area contributed by atoms with Gasteiger partial charge in [0, 0.05) is 22.7 Å². The summed E-state index contributed by atoms with van der Waals surface area (Å²) >= 11 is 5.72. The molecule has 1 aliphatic rings. The molecular weight excluding hydrogens is 268 g/mol. The maximum atomic E-state index is 11.6. The molecule has 1 aromatic carbocycles. The minimum Gasteiger partial charge on any atom is -0.396 e. The first-order valence-electron chi connectivity index (χ1n) is 6.00. The number of rotatable bonds is 4. The van der Waals surface area contributed by atoms with Crippen LogP contribution in [-0.2, 0) is 9.59 Å². The van der Waals surface area contributed by atoms with Gasteiger partial charge in [-0.25, -0.2) is 0 Å². The average Bonchev–Trinajstić information content (AvgIpc) is 3.19. The second kappa shape index (κ2) is 5.59. The number of carbonyl (C=O) groups excluding carboxylic acids is 2. The molecule has 0 spiro atoms. The number of aliphatic hydroxyl groups excluding tert-OH is 1. The standard InChI is InChI=1S/C13H15ClN2O3/c14-9-1-3-10(4-2-9)16-12(19)11(18)15-7-13(8-17)5-6-13/h1-4,17H,5-8H2,(H,15,18)(H,16,19). The van der Waals surface area contributed by atoms with Gasteiger partial charge in [-0.15, -0.1) is 0 Å². The molecule has 1 aromatic rings. The molecule has 0 bridgehead atoms. The second-order valence-electron chi connectivity index (χ2n) is 4.80. The highest BCUT2D eigenvalue weighted by Crippen LogP contribution is 2.44. The molecule has 0 heterocycles. The van der Waals surface area contributed by atoms with Crippen LogP contribution in [0, 0.1) is 5.41 Å². The molecule has 2 amide bonds. The Balaban J connectivity index is 1.82. The van der Waals surface area contributed by atoms with E-state index in [1.807, 2.05) is 0 Å². The number of nitrogens with one attached hydrogen (secondary N) is 2. The van der Waals surface area contributed by atoms with Crippen LogP contribution in [0.25, 0.3) is 0 Å². The zero-order chi connectivity index (χ0) is 13.9. The lowest BCUT2D eigenvalue weighted by Crippen LogP contribution is -2.39. The molecular formula is C13H15ClN2O3. The van der Waals surface area contributed by atoms with Gasteiger partial charge in [-0.2, -0.15) is 0 Å². The SMILES string of the molecule is O=C(NCC1(CO)CC1)C(=O)Nc1ccc(Cl)cc1. The highest BCUT2D eigenvalue weighted by Gasteiger charge is 2.42. The number of anilines is 1. The summed E-state index contributed by atoms with van der Waals surface area (Å²) in [6, 6.07) is 6.48. The van der Waals surface area contributed by atoms with Crippen LogP contribution >= 0.6 is 11.6 Å². The van der Waals surface area contributed by atoms with E-state index in [1.165, 1.54) is 0 Å². The van der Waals surface area contributed by atoms with E-state index in [4.69, 9.17) is 16.7 Å². The van der Waals surface area contributed by atoms with Gasteiger partial charge in [0.2, 0.25) is 0 Å². The zero-order valence-electron chi connectivity index (χ0n) is 10.3. The van der Waals surface area contributed by atoms with Crippen molar-refractivity contribution in [1.82, 2.24) is 5.32 Å². The summed E-state index contributed by atoms with van der Waals surface area (Å²) in [5.74, 6) is -1.43. The van der Waals surface area contributed by atoms with Crippen LogP contribution in [-0.4, -0.2) is 30.1 Å². The van der Waals surface area contributed by atoms with Crippen molar-refractivity contribution >= 4 is 29.1 Å². The minimum atomic E-state index is -0.726. The molecule has 0 atom stereocenters. The van der Waals surface area contributed by atoms with Crippen molar-refractivity contribution in [2.24, 2.45) is 5.41 Å². The van der Waals surface area contributed by atoms with Crippen molar-refractivity contribution in [3.05, 3.63) is 29.3 Å². The Labute approximate surface area is 116 Å². The molecule has 102 valence electrons. The Bertz CT molecular complexity index is 483. The largest absolute Gasteiger partial charge is 0.396 e. The predicted molar refractivity (Wildman–Crippen MR) is 71.8 cm³/mol. The molecule has 19 heavy (non-hydrogen) atoms. The highest BCUT2D eigenvalue weighted by molar-refractivity contribution is 6.39. The molecule has 3 N–H and O–H groups in total. The summed E-state index contributed by atoms with van der Waals surface area (Å²) in [5.41, 5.74) is 0.295. The van der Waals surface area contributed by atoms with Gasteiger partial charge in [-0.3, -0.25) is 9.59 Å². The number of hydrogen-bond acceptors (Lipinski definition) is 3. The van der Waals surface area contributed by atoms with Gasteiger partial charge in [0.05, 0.1) is 6.61 Å². The summed E-state index contributed by atoms with van der Waals surface area (Å²) in [7, 11) is 0. The molecule has 0 unspecified atom stereocenters. The molecule has 0 saturated heterocycles. The van der Waals surface area contributed by atoms with Crippen LogP contribution in [0.1, 0.15) is 12.8 Å². The third-order valence-corrected chi connectivity index (χ3v) is 3.48. The first-order chi connectivity index (χ1) is 9.04. The Morgan fingerprint density at radius 3 is 2.37 bits per heavy atom. The maximum Gasteiger partial charge on any atom is 0.313 e. The molecule has 1 saturated carbocycles. The molecule has 5 nitrogen and oxygen atoms in total. The third-order valence-electron chi connectivity index (χ3n) is 3.22. The van der Waals surface area contributed by atoms with E-state index in [0.717, 1.165) is 12.8 Å². The molecule has 1 aliphatic carbocycles. The van der Waals surface area contributed by atoms with E-state index in [-0.39, 0.29) is 12.0 Å². The summed E-state index contributed by atoms with van der Waals surface area (Å²) < 4.78 is 0. The van der Waals surface area contributed by atoms with Gasteiger partial charge < -0.3 is 15.7 Å². The predicted octanol–water partition coefficient (Wildman–Crippen LogP) is 1.17. The minimum absolute atomic E-state index is 0.0338. The van der Waals surface area contributed by atoms with Crippen molar-refractivity contribution in [3.8, 4) is 0 Å². The smallest absolute Gasteiger partial charge is 0.313 e. The first kappa shape index (κ1) is 13.8. The molecule has 2 rings (SSSR count). The molecule has 1 fully saturated rings. The molecule has 0 aromatic heterocycles. The monoisotopic (exact) mass is 282 g/mol. The van der Waals surface area contributed by atoms with E-state index in [0.29, 0.717) is 17.3 Å². The Morgan fingerprint density at radius 2 is 1.84 bits per heavy atom. The van der Waals surface area contributed by atoms with Gasteiger partial charge in [0.25, 0.3) is 0 Å². The summed E-state index contributed by atoms with van der Waals surface area (Å²) in [4.78, 5) is 23.2. The molecule has 0 aliphatic heterocycles. The van der Waals surface area contributed by atoms with Crippen LogP contribution in [0.2, 0.25) is 5.02 Å². The summed E-state index contributed by atoms with van der Waals surface area (Å²) in [6.45, 7) is 0.364. The Kier molecular flexibility index (Phi) is 4.07. The average molecular weight is 283 g/mol. The number of carbonyl (C=O) groups is 2. The lowest BCUT2D eigenvalue weighted by atomic mass is 10.1. The number of amides is 2. The fourth-order valence-corrected chi connectivity index (χ4v) is 1.76. The topological polar surface area (TPSA) is 78.4 Å². The van der Waals surface area contributed by atoms with Crippen LogP contribution in [0.4, 0.5) is 5.69 Å². The van der Waals surface area contributed by atoms with Crippen molar-refractivity contribution in [3.63, 3.8) is 0 Å². The fraction of sp³-hybridized carbons (Fsp3) is 0.385. The van der Waals surface area contributed by atoms with E-state index in [1.54, 1.807) is 24.3 Å². The molecule has 6 heteroatoms. The number of benzene rings is 1. The fourth-order valence-electron chi connectivity index (χ4n) is 1.64. The van der Waals surface area contributed by atoms with Crippen molar-refractivity contribution in [1.29, 1.82) is 0 Å². The number of aliphatic hydroxyl groups is 1. The summed E-state index contributed by atoms with van der Waals surface area (Å²) in [5, 5.41) is 14.7. The Hall–Kier alpha value is -1.59. The zero-order valence-corrected chi connectivity index (χ0v) is 11.0. The third kappa shape index (κ3) is 3.68. The first-order valence-corrected chi connectivity index (χ1v) is 6.38. The second-order valence-corrected chi connectivity index (χ2v) is 5.24. The quantitative estimate of drug-likeness (QED) is 0.725. The van der Waals surface area contributed by atoms with Crippen LogP contribution < -0.4 is 10.6 Å². The normalized spacial score (nSPS) is 15.7. The van der Waals surface area contributed by atoms with Crippen LogP contribution in [0.15, 0.2) is 24.3 Å². The van der Waals surface area contributed by atoms with Gasteiger partial charge in [-0.1, -0.05) is 11.6 Å². The van der Waals surface area contributed by atoms with E-state index < -0.39 is 11.8 Å². The van der Waals surface area contributed by atoms with Crippen molar-refractivity contribution in [2.75, 3.05) is 18.5 Å². The lowest BCUT2D eigenvalue weighted by molar-refractivity contribution is -0.136. The highest BCUT2D eigenvalue weighted by atomic mass is 35.5. The Morgan fingerprint density at radius 1 is 1.21 bits per heavy atom. The number of hydrogen-bond donors (Lipinski definition) is 3. The van der Waals surface area contributed by atoms with E-state index in [2.05, 4.69) is 10.6 Å². The molecule has 0 radical (unpaired) electrons. The maximum absolute atomic E-state index is 11.6. The van der Waals surface area contributed by atoms with Gasteiger partial charge in [0.15, 0.2) is 0 Å². The van der Waals surface area contributed by atoms with Crippen molar-refractivity contribution in [2.45, 2.75) is 12.8 Å². The lowest BCUT2D eigenvalue weighted by Gasteiger charge is -2.12. The van der Waals surface area contributed by atoms with E-state index >= 15 is 0 Å². The number of halogens is 1. The summed E-state index contributed by atoms with van der Waals surface area (Å²) in [6.07, 6.45) is 1.76. The van der Waals surface area contributed by atoms with E-state index in [9.17, 15) is 9.59 Å². The van der Waals surface area contributed by atoms with Crippen LogP contribution in [0.5, 0.6) is 0 Å². The van der Waals surface area contributed by atoms with Gasteiger partial charge in [0.1, 0.15) is 0 Å².